The molecule has 1 fully saturated rings. The fourth-order valence-corrected chi connectivity index (χ4v) is 4.09. The molecule has 5 unspecified atom stereocenters. The molecule has 0 spiro atoms. The minimum absolute atomic E-state index is 0.0462. The third-order valence-electron chi connectivity index (χ3n) is 6.08. The Labute approximate surface area is 214 Å². The summed E-state index contributed by atoms with van der Waals surface area (Å²) in [6.07, 6.45) is -8.55. The van der Waals surface area contributed by atoms with E-state index in [0.29, 0.717) is 0 Å². The Morgan fingerprint density at radius 1 is 0.842 bits per heavy atom. The molecule has 14 heteroatoms. The van der Waals surface area contributed by atoms with Crippen molar-refractivity contribution in [3.63, 3.8) is 0 Å². The average molecular weight is 538 g/mol. The predicted molar refractivity (Wildman–Crippen MR) is 127 cm³/mol. The Morgan fingerprint density at radius 2 is 1.47 bits per heavy atom. The molecule has 7 N–H and O–H groups in total. The number of aromatic hydroxyl groups is 3. The lowest BCUT2D eigenvalue weighted by molar-refractivity contribution is -0.277. The van der Waals surface area contributed by atoms with Gasteiger partial charge in [0, 0.05) is 11.6 Å². The molecule has 0 radical (unpaired) electrons. The molecule has 2 heterocycles. The van der Waals surface area contributed by atoms with Crippen LogP contribution < -0.4 is 24.4 Å². The highest BCUT2D eigenvalue weighted by Gasteiger charge is 2.45. The molecule has 0 aliphatic carbocycles. The Bertz CT molecular complexity index is 1370. The highest BCUT2D eigenvalue weighted by molar-refractivity contribution is 5.91. The van der Waals surface area contributed by atoms with Crippen molar-refractivity contribution in [1.82, 2.24) is 0 Å². The number of hydrogen-bond donors (Lipinski definition) is 7. The van der Waals surface area contributed by atoms with Gasteiger partial charge in [0.25, 0.3) is 0 Å². The highest BCUT2D eigenvalue weighted by Crippen LogP contribution is 2.46. The number of ether oxygens (including phenoxy) is 5. The lowest BCUT2D eigenvalue weighted by Gasteiger charge is -2.39. The zero-order valence-electron chi connectivity index (χ0n) is 20.3. The lowest BCUT2D eigenvalue weighted by atomic mass is 9.99. The Balaban J connectivity index is 2.00. The van der Waals surface area contributed by atoms with Crippen LogP contribution in [-0.2, 0) is 4.74 Å². The van der Waals surface area contributed by atoms with Crippen LogP contribution in [0, 0.1) is 0 Å². The van der Waals surface area contributed by atoms with Gasteiger partial charge in [0.2, 0.25) is 29.0 Å². The molecule has 1 aliphatic heterocycles. The SMILES string of the molecule is COc1cc(-c2oc3cc(O)c(OC)c(O)c3c(=O)c2OC2OC(CO)C(O)C(O)C2O)cc(OC)c1O. The minimum Gasteiger partial charge on any atom is -0.504 e. The predicted octanol–water partition coefficient (Wildman–Crippen LogP) is -0.219. The third-order valence-corrected chi connectivity index (χ3v) is 6.08. The maximum absolute atomic E-state index is 13.7. The maximum Gasteiger partial charge on any atom is 0.239 e. The van der Waals surface area contributed by atoms with Crippen LogP contribution in [-0.4, -0.2) is 94.4 Å². The zero-order chi connectivity index (χ0) is 27.9. The molecule has 0 saturated carbocycles. The molecule has 1 aromatic heterocycles. The fraction of sp³-hybridized carbons (Fsp3) is 0.375. The van der Waals surface area contributed by atoms with Crippen LogP contribution in [0.1, 0.15) is 0 Å². The van der Waals surface area contributed by atoms with Gasteiger partial charge >= 0.3 is 0 Å². The molecular weight excluding hydrogens is 512 g/mol. The molecule has 2 aromatic carbocycles. The highest BCUT2D eigenvalue weighted by atomic mass is 16.7. The topological polar surface area (TPSA) is 218 Å². The van der Waals surface area contributed by atoms with Crippen LogP contribution >= 0.6 is 0 Å². The van der Waals surface area contributed by atoms with Crippen LogP contribution in [0.4, 0.5) is 0 Å². The molecular formula is C24H26O14. The number of benzene rings is 2. The first-order chi connectivity index (χ1) is 18.1. The summed E-state index contributed by atoms with van der Waals surface area (Å²) in [4.78, 5) is 13.7. The van der Waals surface area contributed by atoms with Gasteiger partial charge in [-0.1, -0.05) is 0 Å². The van der Waals surface area contributed by atoms with E-state index in [4.69, 9.17) is 28.1 Å². The van der Waals surface area contributed by atoms with Gasteiger partial charge in [0.15, 0.2) is 28.8 Å². The van der Waals surface area contributed by atoms with Gasteiger partial charge in [-0.15, -0.1) is 0 Å². The lowest BCUT2D eigenvalue weighted by Crippen LogP contribution is -2.60. The van der Waals surface area contributed by atoms with E-state index in [-0.39, 0.29) is 34.2 Å². The van der Waals surface area contributed by atoms with Crippen molar-refractivity contribution in [3.05, 3.63) is 28.4 Å². The molecule has 38 heavy (non-hydrogen) atoms. The van der Waals surface area contributed by atoms with Crippen molar-refractivity contribution in [2.24, 2.45) is 0 Å². The van der Waals surface area contributed by atoms with Crippen molar-refractivity contribution in [2.45, 2.75) is 30.7 Å². The third kappa shape index (κ3) is 4.37. The van der Waals surface area contributed by atoms with Crippen LogP contribution in [0.2, 0.25) is 0 Å². The first-order valence-corrected chi connectivity index (χ1v) is 11.1. The normalized spacial score (nSPS) is 23.3. The fourth-order valence-electron chi connectivity index (χ4n) is 4.09. The van der Waals surface area contributed by atoms with Gasteiger partial charge in [0.1, 0.15) is 35.4 Å². The number of rotatable bonds is 7. The van der Waals surface area contributed by atoms with E-state index in [0.717, 1.165) is 13.2 Å². The summed E-state index contributed by atoms with van der Waals surface area (Å²) >= 11 is 0. The van der Waals surface area contributed by atoms with E-state index < -0.39 is 71.1 Å². The standard InChI is InChI=1S/C24H26O14/c1-33-11-4-8(5-12(34-2)15(11)27)21-23(38-24-20(32)19(31)16(28)13(7-25)37-24)18(30)14-10(36-21)6-9(26)22(35-3)17(14)29/h4-6,13,16,19-20,24-29,31-32H,7H2,1-3H3. The van der Waals surface area contributed by atoms with E-state index in [2.05, 4.69) is 0 Å². The molecule has 4 rings (SSSR count). The summed E-state index contributed by atoms with van der Waals surface area (Å²) < 4.78 is 32.1. The Hall–Kier alpha value is -3.95. The van der Waals surface area contributed by atoms with Crippen LogP contribution in [0.5, 0.6) is 40.2 Å². The van der Waals surface area contributed by atoms with Gasteiger partial charge in [-0.25, -0.2) is 0 Å². The van der Waals surface area contributed by atoms with Gasteiger partial charge in [-0.2, -0.15) is 0 Å². The second kappa shape index (κ2) is 10.4. The summed E-state index contributed by atoms with van der Waals surface area (Å²) in [5.41, 5.74) is -1.27. The van der Waals surface area contributed by atoms with Gasteiger partial charge in [-0.05, 0) is 12.1 Å². The monoisotopic (exact) mass is 538 g/mol. The second-order valence-corrected chi connectivity index (χ2v) is 8.28. The molecule has 206 valence electrons. The quantitative estimate of drug-likeness (QED) is 0.207. The maximum atomic E-state index is 13.7. The van der Waals surface area contributed by atoms with E-state index >= 15 is 0 Å². The number of hydrogen-bond acceptors (Lipinski definition) is 14. The van der Waals surface area contributed by atoms with E-state index in [1.807, 2.05) is 0 Å². The largest absolute Gasteiger partial charge is 0.504 e. The Kier molecular flexibility index (Phi) is 7.44. The van der Waals surface area contributed by atoms with Gasteiger partial charge in [-0.3, -0.25) is 4.79 Å². The molecule has 0 bridgehead atoms. The van der Waals surface area contributed by atoms with Crippen molar-refractivity contribution >= 4 is 11.0 Å². The van der Waals surface area contributed by atoms with Crippen LogP contribution in [0.3, 0.4) is 0 Å². The smallest absolute Gasteiger partial charge is 0.239 e. The molecule has 1 aliphatic rings. The summed E-state index contributed by atoms with van der Waals surface area (Å²) in [7, 11) is 3.68. The number of aliphatic hydroxyl groups excluding tert-OH is 4. The number of methoxy groups -OCH3 is 3. The molecule has 1 saturated heterocycles. The second-order valence-electron chi connectivity index (χ2n) is 8.28. The van der Waals surface area contributed by atoms with Gasteiger partial charge < -0.3 is 63.8 Å². The van der Waals surface area contributed by atoms with Crippen molar-refractivity contribution in [2.75, 3.05) is 27.9 Å². The Morgan fingerprint density at radius 3 is 2.03 bits per heavy atom. The van der Waals surface area contributed by atoms with Crippen molar-refractivity contribution < 1.29 is 63.8 Å². The number of fused-ring (bicyclic) bond motifs is 1. The van der Waals surface area contributed by atoms with E-state index in [9.17, 15) is 40.5 Å². The zero-order valence-corrected chi connectivity index (χ0v) is 20.3. The first-order valence-electron chi connectivity index (χ1n) is 11.1. The van der Waals surface area contributed by atoms with Gasteiger partial charge in [0.05, 0.1) is 27.9 Å². The molecule has 3 aromatic rings. The van der Waals surface area contributed by atoms with Crippen LogP contribution in [0.25, 0.3) is 22.3 Å². The number of phenols is 3. The van der Waals surface area contributed by atoms with Crippen molar-refractivity contribution in [1.29, 1.82) is 0 Å². The van der Waals surface area contributed by atoms with E-state index in [1.54, 1.807) is 0 Å². The number of phenolic OH excluding ortho intramolecular Hbond substituents is 3. The van der Waals surface area contributed by atoms with Crippen LogP contribution in [0.15, 0.2) is 27.4 Å². The summed E-state index contributed by atoms with van der Waals surface area (Å²) in [6, 6.07) is 3.56. The molecule has 14 nitrogen and oxygen atoms in total. The number of aliphatic hydroxyl groups is 4. The molecule has 5 atom stereocenters. The first kappa shape index (κ1) is 27.1. The summed E-state index contributed by atoms with van der Waals surface area (Å²) in [6.45, 7) is -0.756. The summed E-state index contributed by atoms with van der Waals surface area (Å²) in [5, 5.41) is 70.9. The minimum atomic E-state index is -1.89. The molecule has 0 amide bonds. The van der Waals surface area contributed by atoms with E-state index in [1.165, 1.54) is 26.4 Å². The summed E-state index contributed by atoms with van der Waals surface area (Å²) in [5.74, 6) is -3.28. The van der Waals surface area contributed by atoms with Crippen molar-refractivity contribution in [3.8, 4) is 51.6 Å². The average Bonchev–Trinajstić information content (AvgIpc) is 2.90.